The van der Waals surface area contributed by atoms with E-state index in [1.165, 1.54) is 37.7 Å². The van der Waals surface area contributed by atoms with E-state index >= 15 is 0 Å². The number of benzene rings is 1. The highest BCUT2D eigenvalue weighted by Crippen LogP contribution is 2.37. The summed E-state index contributed by atoms with van der Waals surface area (Å²) in [4.78, 5) is 53.6. The fraction of sp³-hybridized carbons (Fsp3) is 0.444. The van der Waals surface area contributed by atoms with E-state index in [9.17, 15) is 18.8 Å². The molecule has 3 heterocycles. The van der Waals surface area contributed by atoms with Crippen LogP contribution in [0, 0.1) is 5.82 Å². The van der Waals surface area contributed by atoms with E-state index in [2.05, 4.69) is 10.3 Å². The molecule has 14 heteroatoms. The minimum atomic E-state index is -0.933. The Labute approximate surface area is 245 Å². The quantitative estimate of drug-likeness (QED) is 0.480. The number of aromatic nitrogens is 1. The summed E-state index contributed by atoms with van der Waals surface area (Å²) in [6, 6.07) is 2.28. The van der Waals surface area contributed by atoms with Crippen molar-refractivity contribution < 1.29 is 28.2 Å². The molecule has 1 aromatic heterocycles. The Morgan fingerprint density at radius 1 is 1.22 bits per heavy atom. The molecule has 5 rings (SSSR count). The van der Waals surface area contributed by atoms with Crippen molar-refractivity contribution in [3.05, 3.63) is 62.5 Å². The molecular formula is C27H30ClFN6O5S. The van der Waals surface area contributed by atoms with Crippen LogP contribution in [0.25, 0.3) is 0 Å². The zero-order valence-electron chi connectivity index (χ0n) is 22.8. The number of carbonyl (C=O) groups is 3. The predicted octanol–water partition coefficient (Wildman–Crippen LogP) is 2.83. The Hall–Kier alpha value is -3.55. The maximum Gasteiger partial charge on any atom is 0.338 e. The number of ether oxygens (including phenoxy) is 2. The van der Waals surface area contributed by atoms with E-state index in [0.29, 0.717) is 35.2 Å². The number of aliphatic imine (C=N–C) groups is 1. The maximum atomic E-state index is 13.9. The number of urea groups is 1. The van der Waals surface area contributed by atoms with Crippen molar-refractivity contribution in [2.75, 3.05) is 47.4 Å². The van der Waals surface area contributed by atoms with E-state index in [-0.39, 0.29) is 35.8 Å². The molecule has 1 saturated carbocycles. The second-order valence-electron chi connectivity index (χ2n) is 9.97. The fourth-order valence-electron chi connectivity index (χ4n) is 5.06. The lowest BCUT2D eigenvalue weighted by Gasteiger charge is -2.42. The topological polar surface area (TPSA) is 117 Å². The van der Waals surface area contributed by atoms with Gasteiger partial charge in [-0.1, -0.05) is 17.7 Å². The highest BCUT2D eigenvalue weighted by atomic mass is 35.5. The molecule has 2 fully saturated rings. The van der Waals surface area contributed by atoms with E-state index < -0.39 is 29.8 Å². The van der Waals surface area contributed by atoms with Crippen LogP contribution in [0.1, 0.15) is 29.5 Å². The number of amidine groups is 1. The van der Waals surface area contributed by atoms with Crippen molar-refractivity contribution in [1.29, 1.82) is 0 Å². The average molecular weight is 605 g/mol. The number of esters is 2. The molecule has 3 aliphatic rings. The molecular weight excluding hydrogens is 575 g/mol. The minimum Gasteiger partial charge on any atom is -0.468 e. The van der Waals surface area contributed by atoms with Crippen LogP contribution in [0.2, 0.25) is 5.02 Å². The molecule has 0 unspecified atom stereocenters. The van der Waals surface area contributed by atoms with Gasteiger partial charge in [0.1, 0.15) is 17.9 Å². The average Bonchev–Trinajstić information content (AvgIpc) is 3.68. The first-order chi connectivity index (χ1) is 19.7. The van der Waals surface area contributed by atoms with Crippen molar-refractivity contribution in [3.63, 3.8) is 0 Å². The Balaban J connectivity index is 1.51. The van der Waals surface area contributed by atoms with Gasteiger partial charge in [0.15, 0.2) is 10.8 Å². The third-order valence-corrected chi connectivity index (χ3v) is 8.52. The van der Waals surface area contributed by atoms with Gasteiger partial charge in [0.2, 0.25) is 0 Å². The van der Waals surface area contributed by atoms with Gasteiger partial charge in [-0.05, 0) is 25.0 Å². The number of nitrogens with zero attached hydrogens (tertiary/aromatic N) is 5. The summed E-state index contributed by atoms with van der Waals surface area (Å²) in [5.74, 6) is -1.29. The number of amides is 2. The molecule has 11 nitrogen and oxygen atoms in total. The van der Waals surface area contributed by atoms with E-state index in [1.807, 2.05) is 4.90 Å². The Morgan fingerprint density at radius 3 is 2.63 bits per heavy atom. The van der Waals surface area contributed by atoms with Gasteiger partial charge >= 0.3 is 18.0 Å². The van der Waals surface area contributed by atoms with E-state index in [4.69, 9.17) is 26.1 Å². The molecule has 1 aromatic carbocycles. The van der Waals surface area contributed by atoms with Crippen LogP contribution in [0.5, 0.6) is 0 Å². The standard InChI is InChI=1S/C27H30ClFN6O5S/c1-33(16-5-6-16)27(38)35-10-9-34(20(14-35)25(36)39-2)13-19-21(26(37)40-3)22(17-7-4-15(29)12-18(17)28)32-23(31-19)24-30-8-11-41-24/h4,7-8,11-12,16,20,22H,5-6,9-10,13-14H2,1-3H3,(H,31,32)/t20-,22-/m0/s1. The fourth-order valence-corrected chi connectivity index (χ4v) is 5.91. The van der Waals surface area contributed by atoms with Crippen LogP contribution in [0.15, 0.2) is 46.0 Å². The molecule has 2 aromatic rings. The van der Waals surface area contributed by atoms with Crippen LogP contribution < -0.4 is 5.32 Å². The van der Waals surface area contributed by atoms with Crippen molar-refractivity contribution in [2.45, 2.75) is 31.0 Å². The van der Waals surface area contributed by atoms with Crippen molar-refractivity contribution >= 4 is 46.7 Å². The number of carbonyl (C=O) groups excluding carboxylic acids is 3. The number of hydrogen-bond donors (Lipinski definition) is 1. The summed E-state index contributed by atoms with van der Waals surface area (Å²) in [5, 5.41) is 5.69. The second kappa shape index (κ2) is 12.1. The summed E-state index contributed by atoms with van der Waals surface area (Å²) in [7, 11) is 4.34. The molecule has 41 heavy (non-hydrogen) atoms. The van der Waals surface area contributed by atoms with Gasteiger partial charge in [0.05, 0.1) is 19.8 Å². The number of rotatable bonds is 7. The van der Waals surface area contributed by atoms with E-state index in [0.717, 1.165) is 18.9 Å². The summed E-state index contributed by atoms with van der Waals surface area (Å²) in [5.41, 5.74) is 0.993. The number of methoxy groups -OCH3 is 2. The van der Waals surface area contributed by atoms with Gasteiger partial charge < -0.3 is 24.6 Å². The number of thiazole rings is 1. The van der Waals surface area contributed by atoms with Crippen molar-refractivity contribution in [2.24, 2.45) is 4.99 Å². The van der Waals surface area contributed by atoms with Crippen LogP contribution in [-0.4, -0.2) is 103 Å². The smallest absolute Gasteiger partial charge is 0.338 e. The molecule has 1 N–H and O–H groups in total. The lowest BCUT2D eigenvalue weighted by atomic mass is 9.95. The first kappa shape index (κ1) is 29.0. The monoisotopic (exact) mass is 604 g/mol. The highest BCUT2D eigenvalue weighted by Gasteiger charge is 2.41. The first-order valence-corrected chi connectivity index (χ1v) is 14.3. The summed E-state index contributed by atoms with van der Waals surface area (Å²) in [6.07, 6.45) is 3.58. The molecule has 0 radical (unpaired) electrons. The zero-order chi connectivity index (χ0) is 29.3. The van der Waals surface area contributed by atoms with Crippen LogP contribution in [0.3, 0.4) is 0 Å². The number of halogens is 2. The van der Waals surface area contributed by atoms with Gasteiger partial charge in [-0.2, -0.15) is 0 Å². The predicted molar refractivity (Wildman–Crippen MR) is 150 cm³/mol. The lowest BCUT2D eigenvalue weighted by molar-refractivity contribution is -0.148. The third kappa shape index (κ3) is 6.07. The number of nitrogens with one attached hydrogen (secondary N) is 1. The maximum absolute atomic E-state index is 13.9. The Morgan fingerprint density at radius 2 is 2.00 bits per heavy atom. The number of hydrogen-bond acceptors (Lipinski definition) is 10. The Kier molecular flexibility index (Phi) is 8.57. The molecule has 0 spiro atoms. The molecule has 0 bridgehead atoms. The summed E-state index contributed by atoms with van der Waals surface area (Å²) >= 11 is 7.79. The first-order valence-electron chi connectivity index (χ1n) is 13.1. The molecule has 2 aliphatic heterocycles. The van der Waals surface area contributed by atoms with Gasteiger partial charge in [-0.15, -0.1) is 11.3 Å². The summed E-state index contributed by atoms with van der Waals surface area (Å²) < 4.78 is 24.2. The van der Waals surface area contributed by atoms with Gasteiger partial charge in [-0.25, -0.2) is 19.0 Å². The van der Waals surface area contributed by atoms with E-state index in [1.54, 1.807) is 28.4 Å². The SMILES string of the molecule is COC(=O)C1=C(CN2CCN(C(=O)N(C)C3CC3)C[C@H]2C(=O)OC)NC(c2nccs2)=N[C@H]1c1ccc(F)cc1Cl. The van der Waals surface area contributed by atoms with Crippen LogP contribution in [-0.2, 0) is 19.1 Å². The second-order valence-corrected chi connectivity index (χ2v) is 11.3. The normalized spacial score (nSPS) is 21.2. The van der Waals surface area contributed by atoms with Gasteiger partial charge in [-0.3, -0.25) is 14.7 Å². The Bertz CT molecular complexity index is 1400. The van der Waals surface area contributed by atoms with Crippen LogP contribution in [0.4, 0.5) is 9.18 Å². The van der Waals surface area contributed by atoms with Crippen molar-refractivity contribution in [3.8, 4) is 0 Å². The molecule has 1 saturated heterocycles. The highest BCUT2D eigenvalue weighted by molar-refractivity contribution is 7.11. The minimum absolute atomic E-state index is 0.0965. The molecule has 2 amide bonds. The largest absolute Gasteiger partial charge is 0.468 e. The number of piperazine rings is 1. The van der Waals surface area contributed by atoms with Gasteiger partial charge in [0, 0.05) is 67.1 Å². The van der Waals surface area contributed by atoms with Crippen LogP contribution >= 0.6 is 22.9 Å². The lowest BCUT2D eigenvalue weighted by Crippen LogP contribution is -2.60. The third-order valence-electron chi connectivity index (χ3n) is 7.42. The molecule has 2 atom stereocenters. The van der Waals surface area contributed by atoms with Crippen molar-refractivity contribution in [1.82, 2.24) is 25.0 Å². The van der Waals surface area contributed by atoms with Gasteiger partial charge in [0.25, 0.3) is 0 Å². The molecule has 1 aliphatic carbocycles. The zero-order valence-corrected chi connectivity index (χ0v) is 24.4. The molecule has 218 valence electrons. The summed E-state index contributed by atoms with van der Waals surface area (Å²) in [6.45, 7) is 0.953.